The van der Waals surface area contributed by atoms with E-state index in [1.54, 1.807) is 4.90 Å². The van der Waals surface area contributed by atoms with E-state index < -0.39 is 12.0 Å². The lowest BCUT2D eigenvalue weighted by Crippen LogP contribution is -2.47. The lowest BCUT2D eigenvalue weighted by molar-refractivity contribution is -0.157. The lowest BCUT2D eigenvalue weighted by atomic mass is 9.99. The van der Waals surface area contributed by atoms with Crippen molar-refractivity contribution in [2.24, 2.45) is 5.92 Å². The Balaban J connectivity index is 1.63. The van der Waals surface area contributed by atoms with Crippen LogP contribution in [-0.4, -0.2) is 65.6 Å². The molecular weight excluding hydrogens is 396 g/mol. The number of benzene rings is 1. The van der Waals surface area contributed by atoms with Crippen molar-refractivity contribution in [3.63, 3.8) is 0 Å². The first-order valence-electron chi connectivity index (χ1n) is 11.4. The maximum atomic E-state index is 13.1. The van der Waals surface area contributed by atoms with E-state index in [0.29, 0.717) is 30.9 Å². The minimum absolute atomic E-state index is 0.0505. The highest BCUT2D eigenvalue weighted by atomic mass is 16.5. The minimum atomic E-state index is -0.529. The predicted molar refractivity (Wildman–Crippen MR) is 119 cm³/mol. The molecule has 2 atom stereocenters. The molecule has 0 aromatic heterocycles. The van der Waals surface area contributed by atoms with Gasteiger partial charge < -0.3 is 15.1 Å². The van der Waals surface area contributed by atoms with Gasteiger partial charge in [0.15, 0.2) is 0 Å². The summed E-state index contributed by atoms with van der Waals surface area (Å²) in [5, 5.41) is 13.1. The molecule has 2 saturated heterocycles. The Bertz CT molecular complexity index is 748. The molecule has 2 N–H and O–H groups in total. The molecule has 1 aromatic carbocycles. The van der Waals surface area contributed by atoms with Crippen molar-refractivity contribution < 1.29 is 19.6 Å². The number of hydrogen-bond donors (Lipinski definition) is 2. The maximum Gasteiger partial charge on any atom is 0.247 e. The molecule has 170 valence electrons. The average Bonchev–Trinajstić information content (AvgIpc) is 3.49. The molecule has 2 aliphatic heterocycles. The highest BCUT2D eigenvalue weighted by Gasteiger charge is 2.37. The number of carbonyl (C=O) groups excluding carboxylic acids is 3. The minimum Gasteiger partial charge on any atom is -0.372 e. The van der Waals surface area contributed by atoms with Crippen molar-refractivity contribution in [3.05, 3.63) is 24.3 Å². The molecule has 3 rings (SSSR count). The predicted octanol–water partition coefficient (Wildman–Crippen LogP) is 2.87. The number of amides is 3. The Hall–Kier alpha value is -2.61. The van der Waals surface area contributed by atoms with Gasteiger partial charge in [0.1, 0.15) is 6.04 Å². The first-order chi connectivity index (χ1) is 15.0. The quantitative estimate of drug-likeness (QED) is 0.338. The third-order valence-electron chi connectivity index (χ3n) is 6.23. The molecule has 0 aliphatic carbocycles. The standard InChI is InChI=1S/C23H34N4O4/c1-2-3-7-18(16-26(31)17-28)23(30)27-15-6-8-21(27)22(29)24-19-9-11-20(12-10-19)25-13-4-5-14-25/h9-12,17-18,21,31H,2-8,13-16H2,1H3,(H,24,29)/t18-,21+/m1/s1. The van der Waals surface area contributed by atoms with Crippen LogP contribution in [0.2, 0.25) is 0 Å². The zero-order valence-corrected chi connectivity index (χ0v) is 18.3. The van der Waals surface area contributed by atoms with Gasteiger partial charge in [0.2, 0.25) is 18.2 Å². The number of hydroxylamine groups is 2. The van der Waals surface area contributed by atoms with Gasteiger partial charge in [-0.1, -0.05) is 19.8 Å². The molecule has 0 bridgehead atoms. The molecular formula is C23H34N4O4. The van der Waals surface area contributed by atoms with E-state index in [4.69, 9.17) is 0 Å². The van der Waals surface area contributed by atoms with Gasteiger partial charge in [0.05, 0.1) is 12.5 Å². The molecule has 3 amide bonds. The van der Waals surface area contributed by atoms with E-state index in [1.807, 2.05) is 31.2 Å². The third-order valence-corrected chi connectivity index (χ3v) is 6.23. The normalized spacial score (nSPS) is 19.4. The zero-order chi connectivity index (χ0) is 22.2. The van der Waals surface area contributed by atoms with Crippen LogP contribution >= 0.6 is 0 Å². The van der Waals surface area contributed by atoms with Gasteiger partial charge in [-0.3, -0.25) is 19.6 Å². The number of carbonyl (C=O) groups is 3. The summed E-state index contributed by atoms with van der Waals surface area (Å²) in [6.45, 7) is 4.63. The number of rotatable bonds is 10. The Kier molecular flexibility index (Phi) is 8.28. The second-order valence-electron chi connectivity index (χ2n) is 8.49. The third kappa shape index (κ3) is 5.97. The highest BCUT2D eigenvalue weighted by Crippen LogP contribution is 2.25. The first-order valence-corrected chi connectivity index (χ1v) is 11.4. The Labute approximate surface area is 184 Å². The van der Waals surface area contributed by atoms with Gasteiger partial charge in [-0.2, -0.15) is 0 Å². The molecule has 8 heteroatoms. The maximum absolute atomic E-state index is 13.1. The fourth-order valence-corrected chi connectivity index (χ4v) is 4.51. The summed E-state index contributed by atoms with van der Waals surface area (Å²) in [4.78, 5) is 40.9. The zero-order valence-electron chi connectivity index (χ0n) is 18.3. The van der Waals surface area contributed by atoms with Crippen LogP contribution in [0.3, 0.4) is 0 Å². The molecule has 0 spiro atoms. The molecule has 1 aromatic rings. The molecule has 0 unspecified atom stereocenters. The van der Waals surface area contributed by atoms with Crippen molar-refractivity contribution in [2.45, 2.75) is 57.9 Å². The summed E-state index contributed by atoms with van der Waals surface area (Å²) in [5.41, 5.74) is 1.88. The second kappa shape index (κ2) is 11.1. The lowest BCUT2D eigenvalue weighted by Gasteiger charge is -2.29. The number of unbranched alkanes of at least 4 members (excludes halogenated alkanes) is 1. The van der Waals surface area contributed by atoms with Gasteiger partial charge in [0, 0.05) is 31.0 Å². The topological polar surface area (TPSA) is 93.2 Å². The Morgan fingerprint density at radius 1 is 1.19 bits per heavy atom. The van der Waals surface area contributed by atoms with Crippen LogP contribution in [0.25, 0.3) is 0 Å². The fourth-order valence-electron chi connectivity index (χ4n) is 4.51. The Morgan fingerprint density at radius 3 is 2.55 bits per heavy atom. The van der Waals surface area contributed by atoms with Crippen molar-refractivity contribution in [3.8, 4) is 0 Å². The van der Waals surface area contributed by atoms with Gasteiger partial charge in [0.25, 0.3) is 0 Å². The van der Waals surface area contributed by atoms with E-state index in [2.05, 4.69) is 10.2 Å². The molecule has 31 heavy (non-hydrogen) atoms. The largest absolute Gasteiger partial charge is 0.372 e. The number of nitrogens with zero attached hydrogens (tertiary/aromatic N) is 3. The van der Waals surface area contributed by atoms with Gasteiger partial charge in [-0.15, -0.1) is 0 Å². The van der Waals surface area contributed by atoms with Crippen LogP contribution in [0.15, 0.2) is 24.3 Å². The van der Waals surface area contributed by atoms with Crippen LogP contribution in [0.1, 0.15) is 51.9 Å². The molecule has 8 nitrogen and oxygen atoms in total. The van der Waals surface area contributed by atoms with E-state index in [9.17, 15) is 19.6 Å². The summed E-state index contributed by atoms with van der Waals surface area (Å²) in [7, 11) is 0. The van der Waals surface area contributed by atoms with Crippen LogP contribution in [0, 0.1) is 5.92 Å². The molecule has 0 saturated carbocycles. The molecule has 2 aliphatic rings. The Morgan fingerprint density at radius 2 is 1.90 bits per heavy atom. The van der Waals surface area contributed by atoms with Crippen molar-refractivity contribution in [1.82, 2.24) is 9.96 Å². The van der Waals surface area contributed by atoms with Crippen LogP contribution < -0.4 is 10.2 Å². The van der Waals surface area contributed by atoms with Crippen molar-refractivity contribution >= 4 is 29.6 Å². The summed E-state index contributed by atoms with van der Waals surface area (Å²) in [6.07, 6.45) is 6.41. The number of likely N-dealkylation sites (tertiary alicyclic amines) is 1. The number of nitrogens with one attached hydrogen (secondary N) is 1. The van der Waals surface area contributed by atoms with Crippen LogP contribution in [0.4, 0.5) is 11.4 Å². The number of anilines is 2. The van der Waals surface area contributed by atoms with Crippen LogP contribution in [0.5, 0.6) is 0 Å². The van der Waals surface area contributed by atoms with E-state index in [0.717, 1.165) is 43.7 Å². The van der Waals surface area contributed by atoms with Gasteiger partial charge in [-0.05, 0) is 56.4 Å². The molecule has 2 heterocycles. The van der Waals surface area contributed by atoms with Crippen molar-refractivity contribution in [2.75, 3.05) is 36.4 Å². The van der Waals surface area contributed by atoms with Gasteiger partial charge in [-0.25, -0.2) is 5.06 Å². The van der Waals surface area contributed by atoms with Crippen LogP contribution in [-0.2, 0) is 14.4 Å². The summed E-state index contributed by atoms with van der Waals surface area (Å²) >= 11 is 0. The van der Waals surface area contributed by atoms with Gasteiger partial charge >= 0.3 is 0 Å². The van der Waals surface area contributed by atoms with E-state index in [-0.39, 0.29) is 18.4 Å². The smallest absolute Gasteiger partial charge is 0.247 e. The molecule has 2 fully saturated rings. The second-order valence-corrected chi connectivity index (χ2v) is 8.49. The summed E-state index contributed by atoms with van der Waals surface area (Å²) in [6, 6.07) is 7.33. The van der Waals surface area contributed by atoms with Crippen molar-refractivity contribution in [1.29, 1.82) is 0 Å². The average molecular weight is 431 g/mol. The highest BCUT2D eigenvalue weighted by molar-refractivity contribution is 5.98. The summed E-state index contributed by atoms with van der Waals surface area (Å²) < 4.78 is 0. The first kappa shape index (κ1) is 23.1. The van der Waals surface area contributed by atoms with E-state index >= 15 is 0 Å². The monoisotopic (exact) mass is 430 g/mol. The number of hydrogen-bond acceptors (Lipinski definition) is 5. The summed E-state index contributed by atoms with van der Waals surface area (Å²) in [5.74, 6) is -0.870. The molecule has 0 radical (unpaired) electrons. The fraction of sp³-hybridized carbons (Fsp3) is 0.609. The SMILES string of the molecule is CCCC[C@H](CN(O)C=O)C(=O)N1CCC[C@H]1C(=O)Nc1ccc(N2CCCC2)cc1. The van der Waals surface area contributed by atoms with E-state index in [1.165, 1.54) is 12.8 Å².